The minimum atomic E-state index is 0.426. The predicted molar refractivity (Wildman–Crippen MR) is 90.0 cm³/mol. The predicted octanol–water partition coefficient (Wildman–Crippen LogP) is 4.22. The van der Waals surface area contributed by atoms with Gasteiger partial charge in [0, 0.05) is 23.1 Å². The summed E-state index contributed by atoms with van der Waals surface area (Å²) in [5.41, 5.74) is 1.37. The van der Waals surface area contributed by atoms with Crippen LogP contribution in [0.25, 0.3) is 0 Å². The number of likely N-dealkylation sites (tertiary alicyclic amines) is 1. The number of hydrogen-bond acceptors (Lipinski definition) is 2. The lowest BCUT2D eigenvalue weighted by molar-refractivity contribution is 0.109. The van der Waals surface area contributed by atoms with Crippen molar-refractivity contribution in [2.75, 3.05) is 20.1 Å². The number of hydrogen-bond donors (Lipinski definition) is 1. The van der Waals surface area contributed by atoms with Crippen LogP contribution in [0, 0.1) is 5.92 Å². The van der Waals surface area contributed by atoms with Gasteiger partial charge >= 0.3 is 0 Å². The van der Waals surface area contributed by atoms with Crippen LogP contribution in [-0.4, -0.2) is 31.1 Å². The van der Waals surface area contributed by atoms with Crippen LogP contribution >= 0.6 is 15.9 Å². The molecule has 0 amide bonds. The molecule has 1 aromatic carbocycles. The molecule has 112 valence electrons. The van der Waals surface area contributed by atoms with Crippen molar-refractivity contribution in [3.05, 3.63) is 34.3 Å². The standard InChI is InChI=1S/C17H27BrN2/c1-13-7-6-11-20(14(13)2)12-10-17(19-3)15-8-4-5-9-16(15)18/h4-5,8-9,13-14,17,19H,6-7,10-12H2,1-3H3. The highest BCUT2D eigenvalue weighted by atomic mass is 79.9. The van der Waals surface area contributed by atoms with Crippen molar-refractivity contribution >= 4 is 15.9 Å². The van der Waals surface area contributed by atoms with Crippen LogP contribution < -0.4 is 5.32 Å². The Balaban J connectivity index is 1.96. The Labute approximate surface area is 132 Å². The lowest BCUT2D eigenvalue weighted by Crippen LogP contribution is -2.43. The maximum atomic E-state index is 3.67. The Hall–Kier alpha value is -0.380. The van der Waals surface area contributed by atoms with Gasteiger partial charge in [-0.2, -0.15) is 0 Å². The summed E-state index contributed by atoms with van der Waals surface area (Å²) >= 11 is 3.67. The van der Waals surface area contributed by atoms with Gasteiger partial charge in [0.25, 0.3) is 0 Å². The summed E-state index contributed by atoms with van der Waals surface area (Å²) in [5.74, 6) is 0.834. The van der Waals surface area contributed by atoms with Gasteiger partial charge < -0.3 is 10.2 Å². The van der Waals surface area contributed by atoms with Gasteiger partial charge in [0.1, 0.15) is 0 Å². The van der Waals surface area contributed by atoms with Gasteiger partial charge in [0.15, 0.2) is 0 Å². The van der Waals surface area contributed by atoms with Crippen molar-refractivity contribution in [2.45, 2.75) is 45.2 Å². The summed E-state index contributed by atoms with van der Waals surface area (Å²) in [5, 5.41) is 3.47. The second-order valence-corrected chi connectivity index (χ2v) is 6.90. The molecule has 1 aromatic rings. The second-order valence-electron chi connectivity index (χ2n) is 6.05. The highest BCUT2D eigenvalue weighted by molar-refractivity contribution is 9.10. The van der Waals surface area contributed by atoms with Crippen LogP contribution in [0.15, 0.2) is 28.7 Å². The molecule has 3 heteroatoms. The van der Waals surface area contributed by atoms with E-state index in [0.717, 1.165) is 18.4 Å². The molecule has 0 spiro atoms. The van der Waals surface area contributed by atoms with Crippen LogP contribution in [0.4, 0.5) is 0 Å². The van der Waals surface area contributed by atoms with E-state index in [-0.39, 0.29) is 0 Å². The van der Waals surface area contributed by atoms with E-state index >= 15 is 0 Å². The maximum Gasteiger partial charge on any atom is 0.0340 e. The second kappa shape index (κ2) is 7.58. The smallest absolute Gasteiger partial charge is 0.0340 e. The number of halogens is 1. The summed E-state index contributed by atoms with van der Waals surface area (Å²) in [7, 11) is 2.06. The molecule has 0 aromatic heterocycles. The van der Waals surface area contributed by atoms with Crippen molar-refractivity contribution in [3.8, 4) is 0 Å². The Kier molecular flexibility index (Phi) is 6.06. The summed E-state index contributed by atoms with van der Waals surface area (Å²) < 4.78 is 1.21. The van der Waals surface area contributed by atoms with Gasteiger partial charge in [0.05, 0.1) is 0 Å². The fourth-order valence-corrected chi connectivity index (χ4v) is 3.81. The van der Waals surface area contributed by atoms with Gasteiger partial charge in [-0.25, -0.2) is 0 Å². The third-order valence-corrected chi connectivity index (χ3v) is 5.56. The molecule has 1 N–H and O–H groups in total. The lowest BCUT2D eigenvalue weighted by Gasteiger charge is -2.38. The molecule has 20 heavy (non-hydrogen) atoms. The first-order valence-electron chi connectivity index (χ1n) is 7.79. The normalized spacial score (nSPS) is 25.6. The molecule has 3 atom stereocenters. The highest BCUT2D eigenvalue weighted by Crippen LogP contribution is 2.27. The van der Waals surface area contributed by atoms with Gasteiger partial charge in [0.2, 0.25) is 0 Å². The van der Waals surface area contributed by atoms with Crippen LogP contribution in [-0.2, 0) is 0 Å². The van der Waals surface area contributed by atoms with E-state index in [1.807, 2.05) is 0 Å². The third-order valence-electron chi connectivity index (χ3n) is 4.84. The van der Waals surface area contributed by atoms with Crippen molar-refractivity contribution < 1.29 is 0 Å². The molecule has 2 rings (SSSR count). The molecule has 3 unspecified atom stereocenters. The molecule has 1 aliphatic rings. The van der Waals surface area contributed by atoms with E-state index in [2.05, 4.69) is 71.3 Å². The average Bonchev–Trinajstić information content (AvgIpc) is 2.45. The zero-order valence-corrected chi connectivity index (χ0v) is 14.5. The van der Waals surface area contributed by atoms with Crippen molar-refractivity contribution in [1.29, 1.82) is 0 Å². The quantitative estimate of drug-likeness (QED) is 0.864. The molecule has 1 heterocycles. The molecular weight excluding hydrogens is 312 g/mol. The van der Waals surface area contributed by atoms with Gasteiger partial charge in [-0.3, -0.25) is 0 Å². The molecule has 0 radical (unpaired) electrons. The summed E-state index contributed by atoms with van der Waals surface area (Å²) in [6.45, 7) is 7.22. The first kappa shape index (κ1) is 16.0. The van der Waals surface area contributed by atoms with Crippen molar-refractivity contribution in [3.63, 3.8) is 0 Å². The fraction of sp³-hybridized carbons (Fsp3) is 0.647. The molecule has 1 aliphatic heterocycles. The largest absolute Gasteiger partial charge is 0.313 e. The van der Waals surface area contributed by atoms with Crippen LogP contribution in [0.5, 0.6) is 0 Å². The molecule has 0 saturated carbocycles. The fourth-order valence-electron chi connectivity index (χ4n) is 3.24. The Morgan fingerprint density at radius 1 is 1.35 bits per heavy atom. The number of nitrogens with one attached hydrogen (secondary N) is 1. The molecule has 2 nitrogen and oxygen atoms in total. The van der Waals surface area contributed by atoms with Crippen LogP contribution in [0.2, 0.25) is 0 Å². The van der Waals surface area contributed by atoms with Crippen LogP contribution in [0.1, 0.15) is 44.7 Å². The first-order chi connectivity index (χ1) is 9.63. The number of piperidine rings is 1. The summed E-state index contributed by atoms with van der Waals surface area (Å²) in [6, 6.07) is 9.69. The molecular formula is C17H27BrN2. The molecule has 1 saturated heterocycles. The van der Waals surface area contributed by atoms with Gasteiger partial charge in [-0.1, -0.05) is 41.1 Å². The van der Waals surface area contributed by atoms with E-state index in [4.69, 9.17) is 0 Å². The topological polar surface area (TPSA) is 15.3 Å². The Morgan fingerprint density at radius 2 is 2.10 bits per heavy atom. The van der Waals surface area contributed by atoms with Gasteiger partial charge in [-0.05, 0) is 57.3 Å². The lowest BCUT2D eigenvalue weighted by atomic mass is 9.91. The zero-order valence-electron chi connectivity index (χ0n) is 12.9. The van der Waals surface area contributed by atoms with E-state index in [1.54, 1.807) is 0 Å². The van der Waals surface area contributed by atoms with Crippen molar-refractivity contribution in [1.82, 2.24) is 10.2 Å². The summed E-state index contributed by atoms with van der Waals surface area (Å²) in [6.07, 6.45) is 3.90. The monoisotopic (exact) mass is 338 g/mol. The zero-order chi connectivity index (χ0) is 14.5. The van der Waals surface area contributed by atoms with E-state index in [0.29, 0.717) is 6.04 Å². The average molecular weight is 339 g/mol. The molecule has 0 aliphatic carbocycles. The Morgan fingerprint density at radius 3 is 2.80 bits per heavy atom. The highest BCUT2D eigenvalue weighted by Gasteiger charge is 2.25. The number of nitrogens with zero attached hydrogens (tertiary/aromatic N) is 1. The minimum absolute atomic E-state index is 0.426. The SMILES string of the molecule is CNC(CCN1CCCC(C)C1C)c1ccccc1Br. The van der Waals surface area contributed by atoms with E-state index < -0.39 is 0 Å². The van der Waals surface area contributed by atoms with Crippen molar-refractivity contribution in [2.24, 2.45) is 5.92 Å². The minimum Gasteiger partial charge on any atom is -0.313 e. The van der Waals surface area contributed by atoms with Crippen LogP contribution in [0.3, 0.4) is 0 Å². The number of benzene rings is 1. The molecule has 1 fully saturated rings. The molecule has 0 bridgehead atoms. The Bertz CT molecular complexity index is 421. The van der Waals surface area contributed by atoms with E-state index in [1.165, 1.54) is 36.0 Å². The summed E-state index contributed by atoms with van der Waals surface area (Å²) in [4.78, 5) is 2.66. The number of rotatable bonds is 5. The first-order valence-corrected chi connectivity index (χ1v) is 8.58. The van der Waals surface area contributed by atoms with E-state index in [9.17, 15) is 0 Å². The third kappa shape index (κ3) is 3.84. The van der Waals surface area contributed by atoms with Gasteiger partial charge in [-0.15, -0.1) is 0 Å². The maximum absolute atomic E-state index is 3.67.